The Morgan fingerprint density at radius 3 is 2.13 bits per heavy atom. The van der Waals surface area contributed by atoms with Gasteiger partial charge in [0.25, 0.3) is 0 Å². The lowest BCUT2D eigenvalue weighted by atomic mass is 10.1. The van der Waals surface area contributed by atoms with Gasteiger partial charge in [-0.15, -0.1) is 0 Å². The molecule has 0 atom stereocenters. The molecule has 0 aliphatic heterocycles. The molecule has 2 heteroatoms. The van der Waals surface area contributed by atoms with Crippen LogP contribution in [-0.4, -0.2) is 23.9 Å². The van der Waals surface area contributed by atoms with Crippen LogP contribution in [0.1, 0.15) is 65.7 Å². The van der Waals surface area contributed by atoms with E-state index in [1.807, 2.05) is 4.90 Å². The Morgan fingerprint density at radius 1 is 0.933 bits per heavy atom. The van der Waals surface area contributed by atoms with Crippen LogP contribution in [0, 0.1) is 0 Å². The van der Waals surface area contributed by atoms with Gasteiger partial charge in [0.1, 0.15) is 0 Å². The van der Waals surface area contributed by atoms with Crippen LogP contribution >= 0.6 is 0 Å². The predicted octanol–water partition coefficient (Wildman–Crippen LogP) is 3.61. The molecule has 0 saturated heterocycles. The number of carbonyl (C=O) groups is 1. The van der Waals surface area contributed by atoms with Crippen molar-refractivity contribution >= 4 is 5.91 Å². The van der Waals surface area contributed by atoms with Crippen molar-refractivity contribution in [1.29, 1.82) is 0 Å². The van der Waals surface area contributed by atoms with Crippen molar-refractivity contribution in [2.24, 2.45) is 0 Å². The van der Waals surface area contributed by atoms with E-state index in [4.69, 9.17) is 0 Å². The average molecular weight is 213 g/mol. The van der Waals surface area contributed by atoms with Crippen molar-refractivity contribution in [3.63, 3.8) is 0 Å². The van der Waals surface area contributed by atoms with Crippen LogP contribution in [-0.2, 0) is 4.79 Å². The molecule has 0 aromatic heterocycles. The molecule has 15 heavy (non-hydrogen) atoms. The SMILES string of the molecule is CCCCCCC(=O)N(CC)CCCC. The van der Waals surface area contributed by atoms with Gasteiger partial charge in [0, 0.05) is 19.5 Å². The second-order valence-corrected chi connectivity index (χ2v) is 4.14. The molecule has 0 heterocycles. The molecule has 0 aromatic carbocycles. The van der Waals surface area contributed by atoms with E-state index < -0.39 is 0 Å². The summed E-state index contributed by atoms with van der Waals surface area (Å²) < 4.78 is 0. The maximum atomic E-state index is 11.8. The highest BCUT2D eigenvalue weighted by Gasteiger charge is 2.09. The minimum absolute atomic E-state index is 0.349. The number of rotatable bonds is 9. The van der Waals surface area contributed by atoms with Crippen LogP contribution in [0.4, 0.5) is 0 Å². The molecule has 0 spiro atoms. The third-order valence-corrected chi connectivity index (χ3v) is 2.76. The third kappa shape index (κ3) is 7.40. The first kappa shape index (κ1) is 14.5. The van der Waals surface area contributed by atoms with Crippen LogP contribution < -0.4 is 0 Å². The van der Waals surface area contributed by atoms with Gasteiger partial charge in [0.15, 0.2) is 0 Å². The Balaban J connectivity index is 3.63. The van der Waals surface area contributed by atoms with Crippen LogP contribution in [0.25, 0.3) is 0 Å². The molecule has 0 N–H and O–H groups in total. The molecule has 0 unspecified atom stereocenters. The first-order valence-corrected chi connectivity index (χ1v) is 6.54. The number of carbonyl (C=O) groups excluding carboxylic acids is 1. The first-order valence-electron chi connectivity index (χ1n) is 6.54. The fourth-order valence-corrected chi connectivity index (χ4v) is 1.67. The third-order valence-electron chi connectivity index (χ3n) is 2.76. The van der Waals surface area contributed by atoms with Crippen LogP contribution in [0.2, 0.25) is 0 Å². The number of amides is 1. The largest absolute Gasteiger partial charge is 0.343 e. The van der Waals surface area contributed by atoms with Crippen LogP contribution in [0.3, 0.4) is 0 Å². The normalized spacial score (nSPS) is 10.3. The lowest BCUT2D eigenvalue weighted by Crippen LogP contribution is -2.31. The smallest absolute Gasteiger partial charge is 0.222 e. The van der Waals surface area contributed by atoms with Gasteiger partial charge in [0.05, 0.1) is 0 Å². The second-order valence-electron chi connectivity index (χ2n) is 4.14. The average Bonchev–Trinajstić information content (AvgIpc) is 2.25. The molecule has 0 aliphatic carbocycles. The van der Waals surface area contributed by atoms with Gasteiger partial charge in [-0.1, -0.05) is 39.5 Å². The Morgan fingerprint density at radius 2 is 1.60 bits per heavy atom. The lowest BCUT2D eigenvalue weighted by molar-refractivity contribution is -0.131. The standard InChI is InChI=1S/C13H27NO/c1-4-7-9-10-11-13(15)14(6-3)12-8-5-2/h4-12H2,1-3H3. The first-order chi connectivity index (χ1) is 7.26. The summed E-state index contributed by atoms with van der Waals surface area (Å²) in [7, 11) is 0. The molecule has 1 amide bonds. The molecule has 0 fully saturated rings. The topological polar surface area (TPSA) is 20.3 Å². The summed E-state index contributed by atoms with van der Waals surface area (Å²) in [6, 6.07) is 0. The maximum Gasteiger partial charge on any atom is 0.222 e. The van der Waals surface area contributed by atoms with Crippen molar-refractivity contribution in [1.82, 2.24) is 4.90 Å². The van der Waals surface area contributed by atoms with Gasteiger partial charge in [-0.05, 0) is 19.8 Å². The lowest BCUT2D eigenvalue weighted by Gasteiger charge is -2.20. The summed E-state index contributed by atoms with van der Waals surface area (Å²) in [6.07, 6.45) is 7.81. The molecule has 0 radical (unpaired) electrons. The van der Waals surface area contributed by atoms with E-state index in [1.165, 1.54) is 25.7 Å². The van der Waals surface area contributed by atoms with Gasteiger partial charge in [-0.2, -0.15) is 0 Å². The fourth-order valence-electron chi connectivity index (χ4n) is 1.67. The molecule has 0 aliphatic rings. The van der Waals surface area contributed by atoms with Crippen molar-refractivity contribution in [3.05, 3.63) is 0 Å². The Bertz CT molecular complexity index is 157. The van der Waals surface area contributed by atoms with Gasteiger partial charge < -0.3 is 4.90 Å². The van der Waals surface area contributed by atoms with E-state index in [2.05, 4.69) is 20.8 Å². The zero-order valence-corrected chi connectivity index (χ0v) is 10.7. The number of unbranched alkanes of at least 4 members (excludes halogenated alkanes) is 4. The van der Waals surface area contributed by atoms with E-state index in [9.17, 15) is 4.79 Å². The molecule has 0 bridgehead atoms. The summed E-state index contributed by atoms with van der Waals surface area (Å²) in [5.74, 6) is 0.349. The summed E-state index contributed by atoms with van der Waals surface area (Å²) in [6.45, 7) is 8.24. The molecular weight excluding hydrogens is 186 g/mol. The minimum Gasteiger partial charge on any atom is -0.343 e. The van der Waals surface area contributed by atoms with Gasteiger partial charge in [-0.25, -0.2) is 0 Å². The van der Waals surface area contributed by atoms with Crippen LogP contribution in [0.15, 0.2) is 0 Å². The number of nitrogens with zero attached hydrogens (tertiary/aromatic N) is 1. The summed E-state index contributed by atoms with van der Waals surface area (Å²) in [5, 5.41) is 0. The molecule has 0 saturated carbocycles. The van der Waals surface area contributed by atoms with Crippen molar-refractivity contribution in [3.8, 4) is 0 Å². The Kier molecular flexibility index (Phi) is 9.65. The summed E-state index contributed by atoms with van der Waals surface area (Å²) >= 11 is 0. The van der Waals surface area contributed by atoms with E-state index in [-0.39, 0.29) is 0 Å². The summed E-state index contributed by atoms with van der Waals surface area (Å²) in [4.78, 5) is 13.8. The highest BCUT2D eigenvalue weighted by molar-refractivity contribution is 5.76. The maximum absolute atomic E-state index is 11.8. The Labute approximate surface area is 95.0 Å². The summed E-state index contributed by atoms with van der Waals surface area (Å²) in [5.41, 5.74) is 0. The molecule has 0 rings (SSSR count). The zero-order chi connectivity index (χ0) is 11.5. The number of hydrogen-bond acceptors (Lipinski definition) is 1. The quantitative estimate of drug-likeness (QED) is 0.536. The van der Waals surface area contributed by atoms with E-state index in [0.29, 0.717) is 5.91 Å². The minimum atomic E-state index is 0.349. The second kappa shape index (κ2) is 10.0. The van der Waals surface area contributed by atoms with E-state index >= 15 is 0 Å². The monoisotopic (exact) mass is 213 g/mol. The van der Waals surface area contributed by atoms with Gasteiger partial charge >= 0.3 is 0 Å². The van der Waals surface area contributed by atoms with Gasteiger partial charge in [-0.3, -0.25) is 4.79 Å². The van der Waals surface area contributed by atoms with Crippen molar-refractivity contribution in [2.45, 2.75) is 65.7 Å². The predicted molar refractivity (Wildman–Crippen MR) is 65.9 cm³/mol. The Hall–Kier alpha value is -0.530. The highest BCUT2D eigenvalue weighted by Crippen LogP contribution is 2.06. The van der Waals surface area contributed by atoms with Gasteiger partial charge in [0.2, 0.25) is 5.91 Å². The highest BCUT2D eigenvalue weighted by atomic mass is 16.2. The van der Waals surface area contributed by atoms with Crippen molar-refractivity contribution in [2.75, 3.05) is 13.1 Å². The zero-order valence-electron chi connectivity index (χ0n) is 10.7. The molecule has 90 valence electrons. The van der Waals surface area contributed by atoms with Crippen molar-refractivity contribution < 1.29 is 4.79 Å². The molecule has 0 aromatic rings. The molecular formula is C13H27NO. The molecule has 2 nitrogen and oxygen atoms in total. The van der Waals surface area contributed by atoms with E-state index in [0.717, 1.165) is 32.4 Å². The van der Waals surface area contributed by atoms with E-state index in [1.54, 1.807) is 0 Å². The fraction of sp³-hybridized carbons (Fsp3) is 0.923. The number of hydrogen-bond donors (Lipinski definition) is 0. The van der Waals surface area contributed by atoms with Crippen LogP contribution in [0.5, 0.6) is 0 Å².